The molecule has 0 fully saturated rings. The topological polar surface area (TPSA) is 64.4 Å². The van der Waals surface area contributed by atoms with Gasteiger partial charge in [0.05, 0.1) is 0 Å². The highest BCUT2D eigenvalue weighted by Gasteiger charge is 2.02. The standard InChI is InChI=1S/C15H14F2N2O2/c16-13-6-3-11(7-14(13)17)19-8-10-1-4-12(5-2-10)21-9-15(18)20/h1-7,19H,8-9H2,(H2,18,20). The summed E-state index contributed by atoms with van der Waals surface area (Å²) in [5.74, 6) is -1.78. The lowest BCUT2D eigenvalue weighted by atomic mass is 10.2. The first-order valence-corrected chi connectivity index (χ1v) is 6.23. The molecule has 0 unspecified atom stereocenters. The fourth-order valence-electron chi connectivity index (χ4n) is 1.67. The molecule has 0 aliphatic rings. The van der Waals surface area contributed by atoms with Crippen molar-refractivity contribution in [3.05, 3.63) is 59.7 Å². The second-order valence-corrected chi connectivity index (χ2v) is 4.38. The number of nitrogens with two attached hydrogens (primary N) is 1. The lowest BCUT2D eigenvalue weighted by molar-refractivity contribution is -0.119. The molecule has 0 aromatic heterocycles. The van der Waals surface area contributed by atoms with Gasteiger partial charge in [0.25, 0.3) is 5.91 Å². The molecule has 0 heterocycles. The first-order chi connectivity index (χ1) is 10.0. The minimum Gasteiger partial charge on any atom is -0.484 e. The molecule has 1 amide bonds. The maximum absolute atomic E-state index is 13.0. The number of carbonyl (C=O) groups is 1. The Morgan fingerprint density at radius 1 is 1.10 bits per heavy atom. The number of hydrogen-bond donors (Lipinski definition) is 2. The van der Waals surface area contributed by atoms with E-state index in [0.717, 1.165) is 17.7 Å². The summed E-state index contributed by atoms with van der Waals surface area (Å²) < 4.78 is 31.0. The largest absolute Gasteiger partial charge is 0.484 e. The summed E-state index contributed by atoms with van der Waals surface area (Å²) in [6, 6.07) is 10.6. The molecule has 0 aliphatic carbocycles. The van der Waals surface area contributed by atoms with Crippen molar-refractivity contribution in [2.75, 3.05) is 11.9 Å². The first kappa shape index (κ1) is 14.8. The van der Waals surface area contributed by atoms with Crippen LogP contribution in [-0.4, -0.2) is 12.5 Å². The Bertz CT molecular complexity index is 630. The Hall–Kier alpha value is -2.63. The van der Waals surface area contributed by atoms with Crippen molar-refractivity contribution in [3.8, 4) is 5.75 Å². The number of hydrogen-bond acceptors (Lipinski definition) is 3. The van der Waals surface area contributed by atoms with E-state index in [9.17, 15) is 13.6 Å². The van der Waals surface area contributed by atoms with E-state index >= 15 is 0 Å². The summed E-state index contributed by atoms with van der Waals surface area (Å²) in [6.07, 6.45) is 0. The van der Waals surface area contributed by atoms with E-state index < -0.39 is 17.5 Å². The Morgan fingerprint density at radius 2 is 1.81 bits per heavy atom. The van der Waals surface area contributed by atoms with Crippen molar-refractivity contribution in [1.29, 1.82) is 0 Å². The third-order valence-corrected chi connectivity index (χ3v) is 2.72. The molecule has 0 spiro atoms. The maximum atomic E-state index is 13.0. The smallest absolute Gasteiger partial charge is 0.255 e. The lowest BCUT2D eigenvalue weighted by Crippen LogP contribution is -2.19. The van der Waals surface area contributed by atoms with Gasteiger partial charge in [0, 0.05) is 18.3 Å². The van der Waals surface area contributed by atoms with Gasteiger partial charge in [0.15, 0.2) is 18.2 Å². The van der Waals surface area contributed by atoms with Crippen molar-refractivity contribution in [1.82, 2.24) is 0 Å². The SMILES string of the molecule is NC(=O)COc1ccc(CNc2ccc(F)c(F)c2)cc1. The monoisotopic (exact) mass is 292 g/mol. The number of carbonyl (C=O) groups excluding carboxylic acids is 1. The minimum absolute atomic E-state index is 0.174. The summed E-state index contributed by atoms with van der Waals surface area (Å²) in [5, 5.41) is 2.98. The van der Waals surface area contributed by atoms with Crippen LogP contribution in [0.15, 0.2) is 42.5 Å². The van der Waals surface area contributed by atoms with Crippen LogP contribution in [0.2, 0.25) is 0 Å². The number of nitrogens with one attached hydrogen (secondary N) is 1. The number of ether oxygens (including phenoxy) is 1. The highest BCUT2D eigenvalue weighted by Crippen LogP contribution is 2.16. The third kappa shape index (κ3) is 4.45. The summed E-state index contributed by atoms with van der Waals surface area (Å²) in [7, 11) is 0. The van der Waals surface area contributed by atoms with Crippen LogP contribution in [0.25, 0.3) is 0 Å². The van der Waals surface area contributed by atoms with Gasteiger partial charge in [-0.25, -0.2) is 8.78 Å². The molecular formula is C15H14F2N2O2. The third-order valence-electron chi connectivity index (χ3n) is 2.72. The van der Waals surface area contributed by atoms with E-state index in [1.165, 1.54) is 6.07 Å². The van der Waals surface area contributed by atoms with Crippen molar-refractivity contribution >= 4 is 11.6 Å². The van der Waals surface area contributed by atoms with E-state index in [4.69, 9.17) is 10.5 Å². The zero-order chi connectivity index (χ0) is 15.2. The maximum Gasteiger partial charge on any atom is 0.255 e. The predicted molar refractivity (Wildman–Crippen MR) is 74.8 cm³/mol. The molecule has 0 saturated carbocycles. The van der Waals surface area contributed by atoms with Crippen LogP contribution in [0.1, 0.15) is 5.56 Å². The second-order valence-electron chi connectivity index (χ2n) is 4.38. The lowest BCUT2D eigenvalue weighted by Gasteiger charge is -2.08. The van der Waals surface area contributed by atoms with E-state index in [-0.39, 0.29) is 6.61 Å². The summed E-state index contributed by atoms with van der Waals surface area (Å²) in [4.78, 5) is 10.6. The second kappa shape index (κ2) is 6.69. The average molecular weight is 292 g/mol. The Kier molecular flexibility index (Phi) is 4.71. The van der Waals surface area contributed by atoms with Gasteiger partial charge in [-0.15, -0.1) is 0 Å². The number of halogens is 2. The summed E-state index contributed by atoms with van der Waals surface area (Å²) in [6.45, 7) is 0.271. The Labute approximate surface area is 120 Å². The molecular weight excluding hydrogens is 278 g/mol. The van der Waals surface area contributed by atoms with Crippen molar-refractivity contribution in [3.63, 3.8) is 0 Å². The number of anilines is 1. The van der Waals surface area contributed by atoms with Crippen LogP contribution in [0.4, 0.5) is 14.5 Å². The fourth-order valence-corrected chi connectivity index (χ4v) is 1.67. The van der Waals surface area contributed by atoms with Crippen LogP contribution in [0.5, 0.6) is 5.75 Å². The number of rotatable bonds is 6. The van der Waals surface area contributed by atoms with Crippen LogP contribution >= 0.6 is 0 Å². The molecule has 0 atom stereocenters. The molecule has 0 bridgehead atoms. The molecule has 4 nitrogen and oxygen atoms in total. The Balaban J connectivity index is 1.91. The highest BCUT2D eigenvalue weighted by molar-refractivity contribution is 5.75. The number of amides is 1. The van der Waals surface area contributed by atoms with Crippen molar-refractivity contribution in [2.45, 2.75) is 6.54 Å². The molecule has 2 rings (SSSR count). The van der Waals surface area contributed by atoms with E-state index in [2.05, 4.69) is 5.32 Å². The molecule has 3 N–H and O–H groups in total. The summed E-state index contributed by atoms with van der Waals surface area (Å²) >= 11 is 0. The van der Waals surface area contributed by atoms with Crippen LogP contribution in [0, 0.1) is 11.6 Å². The van der Waals surface area contributed by atoms with E-state index in [0.29, 0.717) is 18.0 Å². The van der Waals surface area contributed by atoms with E-state index in [1.54, 1.807) is 24.3 Å². The fraction of sp³-hybridized carbons (Fsp3) is 0.133. The van der Waals surface area contributed by atoms with Crippen LogP contribution in [0.3, 0.4) is 0 Å². The number of primary amides is 1. The molecule has 0 aliphatic heterocycles. The van der Waals surface area contributed by atoms with Gasteiger partial charge in [-0.2, -0.15) is 0 Å². The van der Waals surface area contributed by atoms with Gasteiger partial charge in [0.2, 0.25) is 0 Å². The first-order valence-electron chi connectivity index (χ1n) is 6.23. The van der Waals surface area contributed by atoms with Gasteiger partial charge in [-0.3, -0.25) is 4.79 Å². The quantitative estimate of drug-likeness (QED) is 0.859. The zero-order valence-electron chi connectivity index (χ0n) is 11.1. The van der Waals surface area contributed by atoms with Gasteiger partial charge >= 0.3 is 0 Å². The minimum atomic E-state index is -0.893. The van der Waals surface area contributed by atoms with Crippen molar-refractivity contribution < 1.29 is 18.3 Å². The molecule has 21 heavy (non-hydrogen) atoms. The highest BCUT2D eigenvalue weighted by atomic mass is 19.2. The van der Waals surface area contributed by atoms with Crippen molar-refractivity contribution in [2.24, 2.45) is 5.73 Å². The van der Waals surface area contributed by atoms with Gasteiger partial charge in [0.1, 0.15) is 5.75 Å². The Morgan fingerprint density at radius 3 is 2.43 bits per heavy atom. The molecule has 2 aromatic rings. The van der Waals surface area contributed by atoms with Gasteiger partial charge < -0.3 is 15.8 Å². The molecule has 6 heteroatoms. The summed E-state index contributed by atoms with van der Waals surface area (Å²) in [5.41, 5.74) is 6.39. The molecule has 110 valence electrons. The van der Waals surface area contributed by atoms with Gasteiger partial charge in [-0.1, -0.05) is 12.1 Å². The molecule has 0 saturated heterocycles. The zero-order valence-corrected chi connectivity index (χ0v) is 11.1. The predicted octanol–water partition coefficient (Wildman–Crippen LogP) is 2.44. The normalized spacial score (nSPS) is 10.2. The van der Waals surface area contributed by atoms with Gasteiger partial charge in [-0.05, 0) is 29.8 Å². The van der Waals surface area contributed by atoms with E-state index in [1.807, 2.05) is 0 Å². The van der Waals surface area contributed by atoms with Crippen LogP contribution < -0.4 is 15.8 Å². The average Bonchev–Trinajstić information content (AvgIpc) is 2.47. The number of benzene rings is 2. The molecule has 2 aromatic carbocycles. The van der Waals surface area contributed by atoms with Crippen LogP contribution in [-0.2, 0) is 11.3 Å². The molecule has 0 radical (unpaired) electrons.